The predicted molar refractivity (Wildman–Crippen MR) is 114 cm³/mol. The standard InChI is InChI=1S/C25H25NO3/c27-24-22-12-6-7-13-23(22)25(28)26(24)16-8-2-1-3-9-17-29-21-15-14-19-10-4-5-11-20(19)18-21/h4-7,10-15,18H,1-3,8-9,16-17H2. The number of nitrogens with zero attached hydrogens (tertiary/aromatic N) is 1. The van der Waals surface area contributed by atoms with Gasteiger partial charge in [-0.25, -0.2) is 0 Å². The first-order valence-electron chi connectivity index (χ1n) is 10.3. The average Bonchev–Trinajstić information content (AvgIpc) is 3.00. The fourth-order valence-electron chi connectivity index (χ4n) is 3.79. The van der Waals surface area contributed by atoms with Gasteiger partial charge in [0.1, 0.15) is 5.75 Å². The Morgan fingerprint density at radius 3 is 2.03 bits per heavy atom. The van der Waals surface area contributed by atoms with Crippen LogP contribution in [0.1, 0.15) is 52.8 Å². The smallest absolute Gasteiger partial charge is 0.261 e. The first-order valence-corrected chi connectivity index (χ1v) is 10.3. The zero-order chi connectivity index (χ0) is 20.1. The second kappa shape index (κ2) is 8.91. The lowest BCUT2D eigenvalue weighted by Gasteiger charge is -2.13. The fourth-order valence-corrected chi connectivity index (χ4v) is 3.79. The van der Waals surface area contributed by atoms with Gasteiger partial charge in [-0.05, 0) is 47.9 Å². The van der Waals surface area contributed by atoms with Crippen molar-refractivity contribution in [2.24, 2.45) is 0 Å². The summed E-state index contributed by atoms with van der Waals surface area (Å²) in [5.74, 6) is 0.595. The van der Waals surface area contributed by atoms with Gasteiger partial charge in [-0.2, -0.15) is 0 Å². The number of imide groups is 1. The summed E-state index contributed by atoms with van der Waals surface area (Å²) in [6.45, 7) is 1.21. The summed E-state index contributed by atoms with van der Waals surface area (Å²) in [5.41, 5.74) is 1.06. The van der Waals surface area contributed by atoms with Crippen LogP contribution in [0.2, 0.25) is 0 Å². The van der Waals surface area contributed by atoms with Crippen LogP contribution in [0.25, 0.3) is 10.8 Å². The van der Waals surface area contributed by atoms with E-state index in [1.165, 1.54) is 15.7 Å². The highest BCUT2D eigenvalue weighted by atomic mass is 16.5. The largest absolute Gasteiger partial charge is 0.494 e. The first-order chi connectivity index (χ1) is 14.2. The van der Waals surface area contributed by atoms with Crippen LogP contribution in [0.5, 0.6) is 5.75 Å². The molecule has 0 unspecified atom stereocenters. The molecule has 4 rings (SSSR count). The summed E-state index contributed by atoms with van der Waals surface area (Å²) in [7, 11) is 0. The van der Waals surface area contributed by atoms with Crippen molar-refractivity contribution in [2.75, 3.05) is 13.2 Å². The number of amides is 2. The number of fused-ring (bicyclic) bond motifs is 2. The topological polar surface area (TPSA) is 46.6 Å². The molecule has 0 bridgehead atoms. The zero-order valence-corrected chi connectivity index (χ0v) is 16.5. The lowest BCUT2D eigenvalue weighted by molar-refractivity contribution is 0.0651. The van der Waals surface area contributed by atoms with Gasteiger partial charge in [0.2, 0.25) is 0 Å². The molecule has 4 nitrogen and oxygen atoms in total. The van der Waals surface area contributed by atoms with Crippen molar-refractivity contribution in [1.82, 2.24) is 4.90 Å². The number of unbranched alkanes of at least 4 members (excludes halogenated alkanes) is 4. The number of rotatable bonds is 9. The van der Waals surface area contributed by atoms with Crippen molar-refractivity contribution < 1.29 is 14.3 Å². The average molecular weight is 387 g/mol. The van der Waals surface area contributed by atoms with Crippen molar-refractivity contribution in [1.29, 1.82) is 0 Å². The molecule has 0 fully saturated rings. The van der Waals surface area contributed by atoms with Crippen LogP contribution in [-0.2, 0) is 0 Å². The van der Waals surface area contributed by atoms with E-state index in [9.17, 15) is 9.59 Å². The molecule has 0 spiro atoms. The third-order valence-electron chi connectivity index (χ3n) is 5.39. The molecule has 0 saturated heterocycles. The van der Waals surface area contributed by atoms with Gasteiger partial charge in [-0.1, -0.05) is 61.7 Å². The summed E-state index contributed by atoms with van der Waals surface area (Å²) in [6, 6.07) is 21.5. The highest BCUT2D eigenvalue weighted by molar-refractivity contribution is 6.21. The molecule has 0 atom stereocenters. The lowest BCUT2D eigenvalue weighted by atomic mass is 10.1. The summed E-state index contributed by atoms with van der Waals surface area (Å²) in [6.07, 6.45) is 5.00. The number of carbonyl (C=O) groups is 2. The van der Waals surface area contributed by atoms with Crippen molar-refractivity contribution in [3.05, 3.63) is 77.9 Å². The molecule has 0 radical (unpaired) electrons. The minimum absolute atomic E-state index is 0.158. The molecular weight excluding hydrogens is 362 g/mol. The van der Waals surface area contributed by atoms with E-state index in [0.29, 0.717) is 24.3 Å². The van der Waals surface area contributed by atoms with Crippen LogP contribution >= 0.6 is 0 Å². The normalized spacial score (nSPS) is 13.2. The van der Waals surface area contributed by atoms with Gasteiger partial charge < -0.3 is 4.74 Å². The lowest BCUT2D eigenvalue weighted by Crippen LogP contribution is -2.30. The minimum Gasteiger partial charge on any atom is -0.494 e. The molecule has 0 aromatic heterocycles. The summed E-state index contributed by atoms with van der Waals surface area (Å²) in [4.78, 5) is 26.0. The number of ether oxygens (including phenoxy) is 1. The molecule has 3 aromatic carbocycles. The Morgan fingerprint density at radius 2 is 1.28 bits per heavy atom. The fraction of sp³-hybridized carbons (Fsp3) is 0.280. The van der Waals surface area contributed by atoms with Crippen LogP contribution in [0, 0.1) is 0 Å². The molecule has 1 aliphatic heterocycles. The molecule has 1 aliphatic rings. The van der Waals surface area contributed by atoms with Crippen molar-refractivity contribution in [3.63, 3.8) is 0 Å². The molecule has 4 heteroatoms. The third kappa shape index (κ3) is 4.32. The highest BCUT2D eigenvalue weighted by Gasteiger charge is 2.34. The van der Waals surface area contributed by atoms with E-state index in [-0.39, 0.29) is 11.8 Å². The van der Waals surface area contributed by atoms with Gasteiger partial charge in [0.05, 0.1) is 17.7 Å². The van der Waals surface area contributed by atoms with Crippen LogP contribution in [0.15, 0.2) is 66.7 Å². The molecule has 29 heavy (non-hydrogen) atoms. The predicted octanol–water partition coefficient (Wildman–Crippen LogP) is 5.47. The van der Waals surface area contributed by atoms with Crippen LogP contribution in [0.4, 0.5) is 0 Å². The Balaban J connectivity index is 1.12. The number of benzene rings is 3. The van der Waals surface area contributed by atoms with Crippen molar-refractivity contribution in [3.8, 4) is 5.75 Å². The first kappa shape index (κ1) is 19.2. The summed E-state index contributed by atoms with van der Waals surface area (Å²) >= 11 is 0. The highest BCUT2D eigenvalue weighted by Crippen LogP contribution is 2.23. The zero-order valence-electron chi connectivity index (χ0n) is 16.5. The molecule has 1 heterocycles. The Kier molecular flexibility index (Phi) is 5.89. The van der Waals surface area contributed by atoms with E-state index >= 15 is 0 Å². The Bertz CT molecular complexity index is 992. The second-order valence-corrected chi connectivity index (χ2v) is 7.43. The maximum absolute atomic E-state index is 12.3. The molecule has 148 valence electrons. The molecule has 2 amide bonds. The van der Waals surface area contributed by atoms with Gasteiger partial charge in [-0.15, -0.1) is 0 Å². The molecule has 0 aliphatic carbocycles. The SMILES string of the molecule is O=C1c2ccccc2C(=O)N1CCCCCCCOc1ccc2ccccc2c1. The van der Waals surface area contributed by atoms with E-state index in [0.717, 1.165) is 37.9 Å². The van der Waals surface area contributed by atoms with E-state index < -0.39 is 0 Å². The van der Waals surface area contributed by atoms with E-state index in [1.54, 1.807) is 24.3 Å². The number of hydrogen-bond donors (Lipinski definition) is 0. The van der Waals surface area contributed by atoms with Crippen molar-refractivity contribution >= 4 is 22.6 Å². The Morgan fingerprint density at radius 1 is 0.655 bits per heavy atom. The monoisotopic (exact) mass is 387 g/mol. The molecule has 3 aromatic rings. The molecule has 0 saturated carbocycles. The quantitative estimate of drug-likeness (QED) is 0.361. The van der Waals surface area contributed by atoms with Gasteiger partial charge in [0, 0.05) is 6.54 Å². The van der Waals surface area contributed by atoms with Gasteiger partial charge in [0.25, 0.3) is 11.8 Å². The maximum atomic E-state index is 12.3. The maximum Gasteiger partial charge on any atom is 0.261 e. The molecular formula is C25H25NO3. The van der Waals surface area contributed by atoms with Crippen LogP contribution in [0.3, 0.4) is 0 Å². The minimum atomic E-state index is -0.158. The summed E-state index contributed by atoms with van der Waals surface area (Å²) < 4.78 is 5.87. The molecule has 0 N–H and O–H groups in total. The van der Waals surface area contributed by atoms with Gasteiger partial charge in [0.15, 0.2) is 0 Å². The van der Waals surface area contributed by atoms with E-state index in [1.807, 2.05) is 18.2 Å². The van der Waals surface area contributed by atoms with E-state index in [4.69, 9.17) is 4.74 Å². The Labute approximate surface area is 171 Å². The van der Waals surface area contributed by atoms with Gasteiger partial charge in [-0.3, -0.25) is 14.5 Å². The second-order valence-electron chi connectivity index (χ2n) is 7.43. The van der Waals surface area contributed by atoms with Crippen LogP contribution in [-0.4, -0.2) is 29.9 Å². The third-order valence-corrected chi connectivity index (χ3v) is 5.39. The van der Waals surface area contributed by atoms with Crippen LogP contribution < -0.4 is 4.74 Å². The van der Waals surface area contributed by atoms with Gasteiger partial charge >= 0.3 is 0 Å². The Hall–Kier alpha value is -3.14. The summed E-state index contributed by atoms with van der Waals surface area (Å²) in [5, 5.41) is 2.41. The van der Waals surface area contributed by atoms with E-state index in [2.05, 4.69) is 24.3 Å². The number of hydrogen-bond acceptors (Lipinski definition) is 3. The number of carbonyl (C=O) groups excluding carboxylic acids is 2. The van der Waals surface area contributed by atoms with Crippen molar-refractivity contribution in [2.45, 2.75) is 32.1 Å².